The van der Waals surface area contributed by atoms with Gasteiger partial charge in [0.25, 0.3) is 0 Å². The van der Waals surface area contributed by atoms with E-state index < -0.39 is 0 Å². The Morgan fingerprint density at radius 3 is 2.55 bits per heavy atom. The average Bonchev–Trinajstić information content (AvgIpc) is 2.49. The lowest BCUT2D eigenvalue weighted by Gasteiger charge is -2.37. The van der Waals surface area contributed by atoms with Crippen LogP contribution >= 0.6 is 15.9 Å². The van der Waals surface area contributed by atoms with Crippen LogP contribution < -0.4 is 5.32 Å². The minimum atomic E-state index is 0.732. The summed E-state index contributed by atoms with van der Waals surface area (Å²) in [6.07, 6.45) is 1.25. The number of hydrogen-bond acceptors (Lipinski definition) is 3. The summed E-state index contributed by atoms with van der Waals surface area (Å²) in [7, 11) is 0. The van der Waals surface area contributed by atoms with Gasteiger partial charge in [-0.25, -0.2) is 0 Å². The third kappa shape index (κ3) is 4.47. The molecule has 1 aliphatic rings. The van der Waals surface area contributed by atoms with Crippen LogP contribution in [0.1, 0.15) is 20.3 Å². The number of nitrogens with one attached hydrogen (secondary N) is 1. The molecule has 1 N–H and O–H groups in total. The highest BCUT2D eigenvalue weighted by molar-refractivity contribution is 9.10. The Morgan fingerprint density at radius 1 is 1.20 bits per heavy atom. The summed E-state index contributed by atoms with van der Waals surface area (Å²) < 4.78 is 1.14. The molecule has 20 heavy (non-hydrogen) atoms. The van der Waals surface area contributed by atoms with Gasteiger partial charge in [-0.1, -0.05) is 19.1 Å². The molecule has 1 heterocycles. The van der Waals surface area contributed by atoms with E-state index in [1.165, 1.54) is 38.3 Å². The Labute approximate surface area is 131 Å². The molecule has 112 valence electrons. The molecule has 0 aromatic heterocycles. The van der Waals surface area contributed by atoms with Gasteiger partial charge in [0.05, 0.1) is 0 Å². The smallest absolute Gasteiger partial charge is 0.0485 e. The molecule has 0 bridgehead atoms. The maximum absolute atomic E-state index is 3.57. The number of hydrogen-bond donors (Lipinski definition) is 1. The second-order valence-electron chi connectivity index (χ2n) is 5.54. The van der Waals surface area contributed by atoms with Gasteiger partial charge in [0.2, 0.25) is 0 Å². The summed E-state index contributed by atoms with van der Waals surface area (Å²) in [5, 5.41) is 3.50. The Hall–Kier alpha value is -0.580. The van der Waals surface area contributed by atoms with Crippen molar-refractivity contribution in [1.29, 1.82) is 0 Å². The van der Waals surface area contributed by atoms with Crippen molar-refractivity contribution in [2.45, 2.75) is 26.3 Å². The molecule has 0 spiro atoms. The van der Waals surface area contributed by atoms with Crippen LogP contribution in [-0.2, 0) is 0 Å². The molecular formula is C16H26BrN3. The van der Waals surface area contributed by atoms with Gasteiger partial charge in [-0.3, -0.25) is 9.80 Å². The van der Waals surface area contributed by atoms with Crippen molar-refractivity contribution in [2.24, 2.45) is 0 Å². The van der Waals surface area contributed by atoms with Gasteiger partial charge in [0.15, 0.2) is 0 Å². The molecule has 0 saturated carbocycles. The Bertz CT molecular complexity index is 402. The van der Waals surface area contributed by atoms with E-state index in [0.29, 0.717) is 0 Å². The summed E-state index contributed by atoms with van der Waals surface area (Å²) in [6, 6.07) is 9.04. The molecule has 1 unspecified atom stereocenters. The Kier molecular flexibility index (Phi) is 6.33. The number of nitrogens with zero attached hydrogens (tertiary/aromatic N) is 2. The number of benzene rings is 1. The maximum atomic E-state index is 3.57. The lowest BCUT2D eigenvalue weighted by Crippen LogP contribution is -2.50. The van der Waals surface area contributed by atoms with E-state index in [1.54, 1.807) is 0 Å². The highest BCUT2D eigenvalue weighted by atomic mass is 79.9. The summed E-state index contributed by atoms with van der Waals surface area (Å²) in [5.74, 6) is 0. The molecule has 1 fully saturated rings. The van der Waals surface area contributed by atoms with Gasteiger partial charge in [0.1, 0.15) is 0 Å². The summed E-state index contributed by atoms with van der Waals surface area (Å²) in [4.78, 5) is 5.17. The molecule has 0 aliphatic carbocycles. The van der Waals surface area contributed by atoms with E-state index in [2.05, 4.69) is 63.1 Å². The second-order valence-corrected chi connectivity index (χ2v) is 6.40. The van der Waals surface area contributed by atoms with Crippen LogP contribution in [0.5, 0.6) is 0 Å². The average molecular weight is 340 g/mol. The number of anilines is 1. The van der Waals surface area contributed by atoms with E-state index in [1.807, 2.05) is 6.07 Å². The largest absolute Gasteiger partial charge is 0.383 e. The van der Waals surface area contributed by atoms with Crippen molar-refractivity contribution in [2.75, 3.05) is 44.6 Å². The predicted molar refractivity (Wildman–Crippen MR) is 90.4 cm³/mol. The molecule has 4 heteroatoms. The lowest BCUT2D eigenvalue weighted by molar-refractivity contribution is 0.103. The van der Waals surface area contributed by atoms with Crippen molar-refractivity contribution < 1.29 is 0 Å². The van der Waals surface area contributed by atoms with Crippen molar-refractivity contribution in [3.63, 3.8) is 0 Å². The van der Waals surface area contributed by atoms with Crippen LogP contribution in [0.25, 0.3) is 0 Å². The predicted octanol–water partition coefficient (Wildman–Crippen LogP) is 3.28. The first-order valence-corrected chi connectivity index (χ1v) is 8.44. The van der Waals surface area contributed by atoms with Crippen LogP contribution in [0.15, 0.2) is 28.7 Å². The Balaban J connectivity index is 1.68. The molecule has 0 amide bonds. The molecule has 3 nitrogen and oxygen atoms in total. The van der Waals surface area contributed by atoms with Crippen LogP contribution in [-0.4, -0.2) is 55.1 Å². The maximum Gasteiger partial charge on any atom is 0.0485 e. The van der Waals surface area contributed by atoms with Gasteiger partial charge >= 0.3 is 0 Å². The SMILES string of the molecule is CCC(C)N1CCN(CCNc2ccccc2Br)CC1. The minimum Gasteiger partial charge on any atom is -0.383 e. The van der Waals surface area contributed by atoms with E-state index in [0.717, 1.165) is 23.6 Å². The van der Waals surface area contributed by atoms with Gasteiger partial charge in [0, 0.05) is 55.5 Å². The van der Waals surface area contributed by atoms with Crippen molar-refractivity contribution >= 4 is 21.6 Å². The fourth-order valence-electron chi connectivity index (χ4n) is 2.64. The Morgan fingerprint density at radius 2 is 1.90 bits per heavy atom. The summed E-state index contributed by atoms with van der Waals surface area (Å²) >= 11 is 3.57. The minimum absolute atomic E-state index is 0.732. The third-order valence-corrected chi connectivity index (χ3v) is 4.93. The number of piperazine rings is 1. The van der Waals surface area contributed by atoms with Crippen molar-refractivity contribution in [1.82, 2.24) is 9.80 Å². The first-order chi connectivity index (χ1) is 9.70. The fourth-order valence-corrected chi connectivity index (χ4v) is 3.06. The van der Waals surface area contributed by atoms with E-state index in [4.69, 9.17) is 0 Å². The molecule has 1 aromatic rings. The molecule has 1 aromatic carbocycles. The number of para-hydroxylation sites is 1. The van der Waals surface area contributed by atoms with E-state index in [-0.39, 0.29) is 0 Å². The lowest BCUT2D eigenvalue weighted by atomic mass is 10.2. The molecule has 1 atom stereocenters. The molecular weight excluding hydrogens is 314 g/mol. The van der Waals surface area contributed by atoms with E-state index in [9.17, 15) is 0 Å². The number of rotatable bonds is 6. The third-order valence-electron chi connectivity index (χ3n) is 4.24. The fraction of sp³-hybridized carbons (Fsp3) is 0.625. The quantitative estimate of drug-likeness (QED) is 0.857. The van der Waals surface area contributed by atoms with Crippen LogP contribution in [0.2, 0.25) is 0 Å². The van der Waals surface area contributed by atoms with Gasteiger partial charge in [-0.05, 0) is 41.4 Å². The second kappa shape index (κ2) is 8.01. The molecule has 2 rings (SSSR count). The normalized spacial score (nSPS) is 18.9. The number of halogens is 1. The van der Waals surface area contributed by atoms with Gasteiger partial charge in [-0.2, -0.15) is 0 Å². The first kappa shape index (κ1) is 15.8. The standard InChI is InChI=1S/C16H26BrN3/c1-3-14(2)20-12-10-19(11-13-20)9-8-18-16-7-5-4-6-15(16)17/h4-7,14,18H,3,8-13H2,1-2H3. The molecule has 1 aliphatic heterocycles. The van der Waals surface area contributed by atoms with Crippen LogP contribution in [0.4, 0.5) is 5.69 Å². The van der Waals surface area contributed by atoms with Gasteiger partial charge in [-0.15, -0.1) is 0 Å². The van der Waals surface area contributed by atoms with Crippen molar-refractivity contribution in [3.05, 3.63) is 28.7 Å². The highest BCUT2D eigenvalue weighted by Gasteiger charge is 2.19. The zero-order valence-electron chi connectivity index (χ0n) is 12.6. The summed E-state index contributed by atoms with van der Waals surface area (Å²) in [5.41, 5.74) is 1.19. The van der Waals surface area contributed by atoms with Crippen molar-refractivity contribution in [3.8, 4) is 0 Å². The first-order valence-electron chi connectivity index (χ1n) is 7.65. The van der Waals surface area contributed by atoms with Crippen LogP contribution in [0.3, 0.4) is 0 Å². The molecule has 1 saturated heterocycles. The topological polar surface area (TPSA) is 18.5 Å². The summed E-state index contributed by atoms with van der Waals surface area (Å²) in [6.45, 7) is 11.6. The van der Waals surface area contributed by atoms with Gasteiger partial charge < -0.3 is 5.32 Å². The van der Waals surface area contributed by atoms with Crippen LogP contribution in [0, 0.1) is 0 Å². The zero-order chi connectivity index (χ0) is 14.4. The van der Waals surface area contributed by atoms with E-state index >= 15 is 0 Å². The zero-order valence-corrected chi connectivity index (χ0v) is 14.2. The molecule has 0 radical (unpaired) electrons. The highest BCUT2D eigenvalue weighted by Crippen LogP contribution is 2.20. The monoisotopic (exact) mass is 339 g/mol.